The van der Waals surface area contributed by atoms with Crippen LogP contribution in [0.1, 0.15) is 5.56 Å². The second-order valence-corrected chi connectivity index (χ2v) is 4.41. The van der Waals surface area contributed by atoms with Gasteiger partial charge in [0.2, 0.25) is 5.91 Å². The van der Waals surface area contributed by atoms with Crippen molar-refractivity contribution in [1.29, 1.82) is 0 Å². The topological polar surface area (TPSA) is 48.7 Å². The van der Waals surface area contributed by atoms with Gasteiger partial charge < -0.3 is 14.6 Å². The average molecular weight is 237 g/mol. The molecule has 94 valence electrons. The number of carbonyl (C=O) groups is 1. The van der Waals surface area contributed by atoms with Gasteiger partial charge in [-0.25, -0.2) is 0 Å². The van der Waals surface area contributed by atoms with Crippen LogP contribution in [-0.2, 0) is 11.3 Å². The van der Waals surface area contributed by atoms with Crippen LogP contribution in [0.5, 0.6) is 0 Å². The van der Waals surface area contributed by atoms with Crippen LogP contribution in [0.2, 0.25) is 0 Å². The van der Waals surface area contributed by atoms with Gasteiger partial charge >= 0.3 is 0 Å². The van der Waals surface area contributed by atoms with Crippen molar-refractivity contribution in [1.82, 2.24) is 15.1 Å². The maximum absolute atomic E-state index is 12.0. The maximum Gasteiger partial charge on any atom is 0.236 e. The standard InChI is InChI=1S/C12H19N3O2/c1-14(8-11-2-7-17-10-11)12(16)9-15-5-3-13-4-6-15/h2,7,10,13H,3-6,8-9H2,1H3. The van der Waals surface area contributed by atoms with Gasteiger partial charge in [0, 0.05) is 45.3 Å². The number of hydrogen-bond acceptors (Lipinski definition) is 4. The lowest BCUT2D eigenvalue weighted by Gasteiger charge is -2.28. The molecule has 0 unspecified atom stereocenters. The Morgan fingerprint density at radius 3 is 2.94 bits per heavy atom. The van der Waals surface area contributed by atoms with Gasteiger partial charge in [0.15, 0.2) is 0 Å². The third-order valence-electron chi connectivity index (χ3n) is 2.99. The number of carbonyl (C=O) groups excluding carboxylic acids is 1. The van der Waals surface area contributed by atoms with E-state index in [0.29, 0.717) is 13.1 Å². The normalized spacial score (nSPS) is 17.0. The molecule has 0 atom stereocenters. The van der Waals surface area contributed by atoms with Crippen molar-refractivity contribution in [2.75, 3.05) is 39.8 Å². The van der Waals surface area contributed by atoms with Crippen LogP contribution in [-0.4, -0.2) is 55.5 Å². The molecule has 0 aliphatic carbocycles. The highest BCUT2D eigenvalue weighted by Crippen LogP contribution is 2.04. The summed E-state index contributed by atoms with van der Waals surface area (Å²) in [5.74, 6) is 0.160. The van der Waals surface area contributed by atoms with Crippen molar-refractivity contribution < 1.29 is 9.21 Å². The van der Waals surface area contributed by atoms with Gasteiger partial charge in [-0.05, 0) is 6.07 Å². The van der Waals surface area contributed by atoms with E-state index in [2.05, 4.69) is 10.2 Å². The van der Waals surface area contributed by atoms with Crippen molar-refractivity contribution in [3.8, 4) is 0 Å². The minimum atomic E-state index is 0.160. The van der Waals surface area contributed by atoms with Crippen LogP contribution >= 0.6 is 0 Å². The highest BCUT2D eigenvalue weighted by Gasteiger charge is 2.16. The molecular weight excluding hydrogens is 218 g/mol. The summed E-state index contributed by atoms with van der Waals surface area (Å²) in [7, 11) is 1.83. The SMILES string of the molecule is CN(Cc1ccoc1)C(=O)CN1CCNCC1. The van der Waals surface area contributed by atoms with Gasteiger partial charge in [0.05, 0.1) is 19.1 Å². The number of piperazine rings is 1. The summed E-state index contributed by atoms with van der Waals surface area (Å²) in [4.78, 5) is 15.9. The minimum absolute atomic E-state index is 0.160. The molecule has 1 aromatic rings. The molecule has 1 fully saturated rings. The fourth-order valence-corrected chi connectivity index (χ4v) is 1.93. The van der Waals surface area contributed by atoms with Crippen LogP contribution in [0.3, 0.4) is 0 Å². The third kappa shape index (κ3) is 3.57. The molecule has 2 heterocycles. The zero-order chi connectivity index (χ0) is 12.1. The predicted molar refractivity (Wildman–Crippen MR) is 64.5 cm³/mol. The lowest BCUT2D eigenvalue weighted by molar-refractivity contribution is -0.131. The number of nitrogens with zero attached hydrogens (tertiary/aromatic N) is 2. The number of nitrogens with one attached hydrogen (secondary N) is 1. The van der Waals surface area contributed by atoms with Crippen molar-refractivity contribution in [2.45, 2.75) is 6.54 Å². The molecule has 0 aromatic carbocycles. The van der Waals surface area contributed by atoms with Gasteiger partial charge in [0.25, 0.3) is 0 Å². The maximum atomic E-state index is 12.0. The molecule has 0 spiro atoms. The zero-order valence-corrected chi connectivity index (χ0v) is 10.2. The van der Waals surface area contributed by atoms with Gasteiger partial charge in [0.1, 0.15) is 0 Å². The summed E-state index contributed by atoms with van der Waals surface area (Å²) < 4.78 is 4.99. The Kier molecular flexibility index (Phi) is 4.17. The first-order valence-electron chi connectivity index (χ1n) is 5.94. The Hall–Kier alpha value is -1.33. The lowest BCUT2D eigenvalue weighted by atomic mass is 10.3. The first-order valence-corrected chi connectivity index (χ1v) is 5.94. The summed E-state index contributed by atoms with van der Waals surface area (Å²) in [6, 6.07) is 1.88. The van der Waals surface area contributed by atoms with E-state index in [0.717, 1.165) is 31.7 Å². The van der Waals surface area contributed by atoms with Gasteiger partial charge in [-0.15, -0.1) is 0 Å². The van der Waals surface area contributed by atoms with Crippen LogP contribution < -0.4 is 5.32 Å². The van der Waals surface area contributed by atoms with E-state index in [1.807, 2.05) is 13.1 Å². The largest absolute Gasteiger partial charge is 0.472 e. The highest BCUT2D eigenvalue weighted by molar-refractivity contribution is 5.78. The van der Waals surface area contributed by atoms with E-state index < -0.39 is 0 Å². The monoisotopic (exact) mass is 237 g/mol. The molecular formula is C12H19N3O2. The fourth-order valence-electron chi connectivity index (χ4n) is 1.93. The molecule has 0 saturated carbocycles. The molecule has 17 heavy (non-hydrogen) atoms. The molecule has 1 N–H and O–H groups in total. The number of likely N-dealkylation sites (N-methyl/N-ethyl adjacent to an activating group) is 1. The Morgan fingerprint density at radius 1 is 1.53 bits per heavy atom. The molecule has 5 heteroatoms. The summed E-state index contributed by atoms with van der Waals surface area (Å²) in [6.45, 7) is 4.96. The summed E-state index contributed by atoms with van der Waals surface area (Å²) >= 11 is 0. The van der Waals surface area contributed by atoms with E-state index in [1.54, 1.807) is 17.4 Å². The summed E-state index contributed by atoms with van der Waals surface area (Å²) in [6.07, 6.45) is 3.30. The number of hydrogen-bond donors (Lipinski definition) is 1. The second-order valence-electron chi connectivity index (χ2n) is 4.41. The number of furan rings is 1. The third-order valence-corrected chi connectivity index (χ3v) is 2.99. The first-order chi connectivity index (χ1) is 8.25. The van der Waals surface area contributed by atoms with Crippen molar-refractivity contribution in [3.05, 3.63) is 24.2 Å². The van der Waals surface area contributed by atoms with E-state index in [9.17, 15) is 4.79 Å². The fraction of sp³-hybridized carbons (Fsp3) is 0.583. The second kappa shape index (κ2) is 5.84. The molecule has 2 rings (SSSR count). The van der Waals surface area contributed by atoms with Gasteiger partial charge in [-0.2, -0.15) is 0 Å². The zero-order valence-electron chi connectivity index (χ0n) is 10.2. The van der Waals surface area contributed by atoms with Crippen LogP contribution in [0.15, 0.2) is 23.0 Å². The Bertz CT molecular complexity index is 345. The molecule has 0 bridgehead atoms. The minimum Gasteiger partial charge on any atom is -0.472 e. The first kappa shape index (κ1) is 12.1. The van der Waals surface area contributed by atoms with E-state index in [-0.39, 0.29) is 5.91 Å². The Labute approximate surface area is 101 Å². The molecule has 1 aromatic heterocycles. The van der Waals surface area contributed by atoms with Crippen molar-refractivity contribution >= 4 is 5.91 Å². The number of rotatable bonds is 4. The quantitative estimate of drug-likeness (QED) is 0.809. The van der Waals surface area contributed by atoms with Crippen LogP contribution in [0.4, 0.5) is 0 Å². The number of amides is 1. The van der Waals surface area contributed by atoms with Gasteiger partial charge in [-0.3, -0.25) is 9.69 Å². The average Bonchev–Trinajstić information content (AvgIpc) is 2.83. The molecule has 0 radical (unpaired) electrons. The predicted octanol–water partition coefficient (Wildman–Crippen LogP) is 0.143. The van der Waals surface area contributed by atoms with Crippen molar-refractivity contribution in [2.24, 2.45) is 0 Å². The summed E-state index contributed by atoms with van der Waals surface area (Å²) in [5, 5.41) is 3.27. The van der Waals surface area contributed by atoms with Gasteiger partial charge in [-0.1, -0.05) is 0 Å². The van der Waals surface area contributed by atoms with Crippen LogP contribution in [0, 0.1) is 0 Å². The lowest BCUT2D eigenvalue weighted by Crippen LogP contribution is -2.47. The van der Waals surface area contributed by atoms with Crippen LogP contribution in [0.25, 0.3) is 0 Å². The van der Waals surface area contributed by atoms with E-state index in [4.69, 9.17) is 4.42 Å². The Morgan fingerprint density at radius 2 is 2.29 bits per heavy atom. The smallest absolute Gasteiger partial charge is 0.236 e. The molecule has 1 amide bonds. The Balaban J connectivity index is 1.78. The molecule has 1 saturated heterocycles. The molecule has 1 aliphatic heterocycles. The van der Waals surface area contributed by atoms with E-state index >= 15 is 0 Å². The van der Waals surface area contributed by atoms with Crippen molar-refractivity contribution in [3.63, 3.8) is 0 Å². The summed E-state index contributed by atoms with van der Waals surface area (Å²) in [5.41, 5.74) is 1.03. The molecule has 5 nitrogen and oxygen atoms in total. The van der Waals surface area contributed by atoms with E-state index in [1.165, 1.54) is 0 Å². The highest BCUT2D eigenvalue weighted by atomic mass is 16.3. The molecule has 1 aliphatic rings.